The lowest BCUT2D eigenvalue weighted by Crippen LogP contribution is -2.63. The Bertz CT molecular complexity index is 1350. The van der Waals surface area contributed by atoms with Crippen molar-refractivity contribution >= 4 is 11.8 Å². The summed E-state index contributed by atoms with van der Waals surface area (Å²) in [6.07, 6.45) is -4.08. The number of ketones is 1. The third-order valence-electron chi connectivity index (χ3n) is 7.52. The molecular formula is C38H48O8. The molecule has 0 spiro atoms. The number of hydrogen-bond donors (Lipinski definition) is 0. The van der Waals surface area contributed by atoms with E-state index < -0.39 is 47.7 Å². The first-order valence-corrected chi connectivity index (χ1v) is 15.9. The maximum absolute atomic E-state index is 13.4. The first kappa shape index (κ1) is 35.5. The second-order valence-electron chi connectivity index (χ2n) is 13.4. The van der Waals surface area contributed by atoms with Gasteiger partial charge in [0.25, 0.3) is 0 Å². The summed E-state index contributed by atoms with van der Waals surface area (Å²) >= 11 is 0. The molecule has 4 rings (SSSR count). The number of ether oxygens (including phenoxy) is 6. The van der Waals surface area contributed by atoms with Crippen molar-refractivity contribution in [3.8, 4) is 0 Å². The van der Waals surface area contributed by atoms with Crippen LogP contribution in [0.3, 0.4) is 0 Å². The third-order valence-corrected chi connectivity index (χ3v) is 7.52. The van der Waals surface area contributed by atoms with Crippen LogP contribution in [0.25, 0.3) is 0 Å². The normalized spacial score (nSPS) is 21.9. The van der Waals surface area contributed by atoms with Gasteiger partial charge in [-0.3, -0.25) is 9.59 Å². The molecule has 0 amide bonds. The van der Waals surface area contributed by atoms with E-state index in [1.165, 1.54) is 6.92 Å². The van der Waals surface area contributed by atoms with Gasteiger partial charge in [-0.15, -0.1) is 0 Å². The van der Waals surface area contributed by atoms with Gasteiger partial charge in [-0.1, -0.05) is 91.0 Å². The number of carbonyl (C=O) groups excluding carboxylic acids is 2. The summed E-state index contributed by atoms with van der Waals surface area (Å²) in [5.74, 6) is -0.472. The molecule has 1 fully saturated rings. The molecule has 3 aromatic rings. The number of benzene rings is 3. The van der Waals surface area contributed by atoms with Crippen LogP contribution < -0.4 is 0 Å². The van der Waals surface area contributed by atoms with E-state index in [0.717, 1.165) is 16.7 Å². The second kappa shape index (κ2) is 16.4. The maximum atomic E-state index is 13.4. The molecule has 0 aliphatic carbocycles. The Morgan fingerprint density at radius 2 is 1.15 bits per heavy atom. The van der Waals surface area contributed by atoms with Crippen molar-refractivity contribution in [2.45, 2.75) is 104 Å². The number of Topliss-reactive ketones (excluding diaryl/α,β-unsaturated/α-hetero) is 1. The average molecular weight is 633 g/mol. The van der Waals surface area contributed by atoms with E-state index in [2.05, 4.69) is 0 Å². The SMILES string of the molecule is CC(=O)CC(C)(C)O[C@@H]1O[C@H](COCc2ccccc2)[C@@H](OCc2ccccc2)[C@H](OCc2ccccc2)[C@H]1OC(=O)C(C)(C)C. The molecule has 0 aromatic heterocycles. The standard InChI is InChI=1S/C38H48O8/c1-27(39)22-38(5,6)46-35-34(45-36(40)37(2,3)4)33(43-25-30-20-14-9-15-21-30)32(42-24-29-18-12-8-13-19-29)31(44-35)26-41-23-28-16-10-7-11-17-28/h7-21,31-35H,22-26H2,1-6H3/t31-,32-,33+,34-,35+/m1/s1. The van der Waals surface area contributed by atoms with E-state index in [4.69, 9.17) is 28.4 Å². The molecule has 248 valence electrons. The van der Waals surface area contributed by atoms with Crippen molar-refractivity contribution in [3.05, 3.63) is 108 Å². The lowest BCUT2D eigenvalue weighted by Gasteiger charge is -2.47. The molecule has 0 saturated carbocycles. The lowest BCUT2D eigenvalue weighted by molar-refractivity contribution is -0.339. The Balaban J connectivity index is 1.70. The first-order valence-electron chi connectivity index (χ1n) is 15.9. The summed E-state index contributed by atoms with van der Waals surface area (Å²) in [5.41, 5.74) is 1.21. The van der Waals surface area contributed by atoms with Crippen LogP contribution in [0.15, 0.2) is 91.0 Å². The predicted octanol–water partition coefficient (Wildman–Crippen LogP) is 6.83. The molecule has 8 nitrogen and oxygen atoms in total. The fraction of sp³-hybridized carbons (Fsp3) is 0.474. The minimum absolute atomic E-state index is 0.0345. The highest BCUT2D eigenvalue weighted by molar-refractivity contribution is 5.76. The second-order valence-corrected chi connectivity index (χ2v) is 13.4. The molecule has 1 saturated heterocycles. The number of rotatable bonds is 15. The van der Waals surface area contributed by atoms with Gasteiger partial charge in [0.1, 0.15) is 24.1 Å². The van der Waals surface area contributed by atoms with Gasteiger partial charge in [0.2, 0.25) is 0 Å². The largest absolute Gasteiger partial charge is 0.454 e. The van der Waals surface area contributed by atoms with Crippen LogP contribution >= 0.6 is 0 Å². The van der Waals surface area contributed by atoms with Crippen LogP contribution in [-0.4, -0.2) is 54.7 Å². The molecule has 1 aliphatic heterocycles. The van der Waals surface area contributed by atoms with E-state index in [0.29, 0.717) is 6.61 Å². The highest BCUT2D eigenvalue weighted by atomic mass is 16.7. The van der Waals surface area contributed by atoms with Gasteiger partial charge in [0.05, 0.1) is 37.4 Å². The Labute approximate surface area is 273 Å². The quantitative estimate of drug-likeness (QED) is 0.169. The molecule has 0 N–H and O–H groups in total. The van der Waals surface area contributed by atoms with Crippen LogP contribution in [0.4, 0.5) is 0 Å². The summed E-state index contributed by atoms with van der Waals surface area (Å²) in [7, 11) is 0. The molecule has 0 bridgehead atoms. The monoisotopic (exact) mass is 632 g/mol. The van der Waals surface area contributed by atoms with Crippen LogP contribution in [0, 0.1) is 5.41 Å². The van der Waals surface area contributed by atoms with Crippen LogP contribution in [0.5, 0.6) is 0 Å². The van der Waals surface area contributed by atoms with Gasteiger partial charge in [-0.05, 0) is 58.2 Å². The first-order chi connectivity index (χ1) is 21.9. The molecule has 0 radical (unpaired) electrons. The van der Waals surface area contributed by atoms with Crippen LogP contribution in [0.2, 0.25) is 0 Å². The molecule has 1 heterocycles. The zero-order valence-corrected chi connectivity index (χ0v) is 27.8. The van der Waals surface area contributed by atoms with E-state index in [1.54, 1.807) is 20.8 Å². The van der Waals surface area contributed by atoms with Crippen molar-refractivity contribution in [1.82, 2.24) is 0 Å². The lowest BCUT2D eigenvalue weighted by atomic mass is 9.94. The Hall–Kier alpha value is -3.40. The van der Waals surface area contributed by atoms with E-state index >= 15 is 0 Å². The van der Waals surface area contributed by atoms with Crippen molar-refractivity contribution in [2.24, 2.45) is 5.41 Å². The van der Waals surface area contributed by atoms with Crippen LogP contribution in [0.1, 0.15) is 64.7 Å². The Morgan fingerprint density at radius 1 is 0.674 bits per heavy atom. The number of hydrogen-bond acceptors (Lipinski definition) is 8. The molecule has 5 atom stereocenters. The zero-order chi connectivity index (χ0) is 33.2. The van der Waals surface area contributed by atoms with Gasteiger partial charge in [-0.2, -0.15) is 0 Å². The zero-order valence-electron chi connectivity index (χ0n) is 27.8. The van der Waals surface area contributed by atoms with Crippen molar-refractivity contribution < 1.29 is 38.0 Å². The van der Waals surface area contributed by atoms with Gasteiger partial charge < -0.3 is 28.4 Å². The van der Waals surface area contributed by atoms with Crippen molar-refractivity contribution in [2.75, 3.05) is 6.61 Å². The summed E-state index contributed by atoms with van der Waals surface area (Å²) in [4.78, 5) is 25.6. The summed E-state index contributed by atoms with van der Waals surface area (Å²) in [6.45, 7) is 11.6. The van der Waals surface area contributed by atoms with Gasteiger partial charge in [0.15, 0.2) is 12.4 Å². The minimum atomic E-state index is -1.07. The fourth-order valence-corrected chi connectivity index (χ4v) is 5.28. The molecule has 1 aliphatic rings. The van der Waals surface area contributed by atoms with E-state index in [-0.39, 0.29) is 32.0 Å². The Morgan fingerprint density at radius 3 is 1.63 bits per heavy atom. The van der Waals surface area contributed by atoms with E-state index in [1.807, 2.05) is 105 Å². The number of esters is 1. The highest BCUT2D eigenvalue weighted by Gasteiger charge is 2.52. The molecular weight excluding hydrogens is 584 g/mol. The highest BCUT2D eigenvalue weighted by Crippen LogP contribution is 2.35. The summed E-state index contributed by atoms with van der Waals surface area (Å²) in [6, 6.07) is 29.5. The van der Waals surface area contributed by atoms with Gasteiger partial charge in [0, 0.05) is 6.42 Å². The van der Waals surface area contributed by atoms with Crippen molar-refractivity contribution in [3.63, 3.8) is 0 Å². The van der Waals surface area contributed by atoms with Crippen LogP contribution in [-0.2, 0) is 57.8 Å². The topological polar surface area (TPSA) is 89.5 Å². The van der Waals surface area contributed by atoms with Crippen molar-refractivity contribution in [1.29, 1.82) is 0 Å². The summed E-state index contributed by atoms with van der Waals surface area (Å²) in [5, 5.41) is 0. The minimum Gasteiger partial charge on any atom is -0.454 e. The Kier molecular flexibility index (Phi) is 12.7. The third kappa shape index (κ3) is 10.9. The molecule has 8 heteroatoms. The average Bonchev–Trinajstić information content (AvgIpc) is 3.01. The predicted molar refractivity (Wildman–Crippen MR) is 175 cm³/mol. The maximum Gasteiger partial charge on any atom is 0.311 e. The molecule has 46 heavy (non-hydrogen) atoms. The molecule has 0 unspecified atom stereocenters. The fourth-order valence-electron chi connectivity index (χ4n) is 5.28. The van der Waals surface area contributed by atoms with Gasteiger partial charge >= 0.3 is 5.97 Å². The summed E-state index contributed by atoms with van der Waals surface area (Å²) < 4.78 is 38.7. The number of carbonyl (C=O) groups is 2. The smallest absolute Gasteiger partial charge is 0.311 e. The van der Waals surface area contributed by atoms with E-state index in [9.17, 15) is 9.59 Å². The molecule has 3 aromatic carbocycles. The van der Waals surface area contributed by atoms with Gasteiger partial charge in [-0.25, -0.2) is 0 Å².